The van der Waals surface area contributed by atoms with Gasteiger partial charge in [0.2, 0.25) is 0 Å². The quantitative estimate of drug-likeness (QED) is 0.415. The largest absolute Gasteiger partial charge is 0.469 e. The van der Waals surface area contributed by atoms with Gasteiger partial charge in [0.15, 0.2) is 0 Å². The molecule has 0 saturated heterocycles. The molecule has 0 saturated carbocycles. The summed E-state index contributed by atoms with van der Waals surface area (Å²) in [4.78, 5) is 26.5. The minimum absolute atomic E-state index is 0.184. The number of carbonyl (C=O) groups is 2. The topological polar surface area (TPSA) is 67.9 Å². The van der Waals surface area contributed by atoms with Crippen molar-refractivity contribution in [1.82, 2.24) is 0 Å². The van der Waals surface area contributed by atoms with E-state index in [4.69, 9.17) is 9.47 Å². The Kier molecular flexibility index (Phi) is 7.76. The summed E-state index contributed by atoms with van der Waals surface area (Å²) >= 11 is 0. The van der Waals surface area contributed by atoms with E-state index in [-0.39, 0.29) is 24.2 Å². The van der Waals surface area contributed by atoms with Crippen molar-refractivity contribution in [2.75, 3.05) is 17.3 Å². The molecule has 0 fully saturated rings. The molecule has 34 heavy (non-hydrogen) atoms. The smallest absolute Gasteiger partial charge is 0.412 e. The van der Waals surface area contributed by atoms with E-state index in [2.05, 4.69) is 10.2 Å². The van der Waals surface area contributed by atoms with Crippen LogP contribution in [0.3, 0.4) is 0 Å². The molecular weight excluding hydrogens is 435 g/mol. The standard InChI is InChI=1S/C27H31FN2O4/c1-18(16-25(31)33-5)30(17-19-10-12-20(28)13-11-19)24-15-14-23(21-8-6-7-9-22(21)24)29-26(32)34-27(2,3)4/h6-15,18H,16-17H2,1-5H3,(H,29,32). The van der Waals surface area contributed by atoms with Gasteiger partial charge in [-0.2, -0.15) is 0 Å². The molecule has 7 heteroatoms. The number of hydrogen-bond donors (Lipinski definition) is 1. The van der Waals surface area contributed by atoms with Crippen molar-refractivity contribution in [3.8, 4) is 0 Å². The second-order valence-electron chi connectivity index (χ2n) is 9.19. The summed E-state index contributed by atoms with van der Waals surface area (Å²) < 4.78 is 23.8. The molecule has 3 aromatic rings. The molecule has 0 heterocycles. The van der Waals surface area contributed by atoms with Crippen molar-refractivity contribution in [2.24, 2.45) is 0 Å². The minimum Gasteiger partial charge on any atom is -0.469 e. The molecule has 1 atom stereocenters. The van der Waals surface area contributed by atoms with Crippen LogP contribution < -0.4 is 10.2 Å². The normalized spacial score (nSPS) is 12.2. The fourth-order valence-electron chi connectivity index (χ4n) is 3.76. The summed E-state index contributed by atoms with van der Waals surface area (Å²) in [6.07, 6.45) is -0.350. The predicted molar refractivity (Wildman–Crippen MR) is 132 cm³/mol. The molecule has 1 unspecified atom stereocenters. The number of ether oxygens (including phenoxy) is 2. The van der Waals surface area contributed by atoms with E-state index in [9.17, 15) is 14.0 Å². The number of fused-ring (bicyclic) bond motifs is 1. The van der Waals surface area contributed by atoms with Crippen LogP contribution in [0.2, 0.25) is 0 Å². The van der Waals surface area contributed by atoms with Gasteiger partial charge in [-0.25, -0.2) is 9.18 Å². The maximum atomic E-state index is 13.5. The van der Waals surface area contributed by atoms with Crippen LogP contribution in [0.15, 0.2) is 60.7 Å². The van der Waals surface area contributed by atoms with Gasteiger partial charge in [-0.05, 0) is 57.5 Å². The van der Waals surface area contributed by atoms with E-state index in [1.807, 2.05) is 64.1 Å². The molecule has 0 aliphatic rings. The molecule has 1 N–H and O–H groups in total. The average Bonchev–Trinajstić information content (AvgIpc) is 2.78. The molecule has 0 aromatic heterocycles. The molecule has 0 aliphatic carbocycles. The number of nitrogens with one attached hydrogen (secondary N) is 1. The van der Waals surface area contributed by atoms with Crippen LogP contribution in [0, 0.1) is 5.82 Å². The molecule has 0 spiro atoms. The first-order valence-electron chi connectivity index (χ1n) is 11.2. The van der Waals surface area contributed by atoms with Crippen molar-refractivity contribution in [3.05, 3.63) is 72.0 Å². The Labute approximate surface area is 199 Å². The van der Waals surface area contributed by atoms with E-state index in [1.54, 1.807) is 12.1 Å². The van der Waals surface area contributed by atoms with Crippen LogP contribution in [0.1, 0.15) is 39.7 Å². The maximum Gasteiger partial charge on any atom is 0.412 e. The highest BCUT2D eigenvalue weighted by Crippen LogP contribution is 2.35. The van der Waals surface area contributed by atoms with Gasteiger partial charge in [-0.1, -0.05) is 36.4 Å². The van der Waals surface area contributed by atoms with Gasteiger partial charge in [-0.3, -0.25) is 10.1 Å². The zero-order valence-electron chi connectivity index (χ0n) is 20.2. The summed E-state index contributed by atoms with van der Waals surface area (Å²) in [6.45, 7) is 7.83. The third-order valence-electron chi connectivity index (χ3n) is 5.33. The summed E-state index contributed by atoms with van der Waals surface area (Å²) in [6, 6.07) is 17.5. The van der Waals surface area contributed by atoms with Gasteiger partial charge in [0.05, 0.1) is 19.2 Å². The highest BCUT2D eigenvalue weighted by Gasteiger charge is 2.22. The van der Waals surface area contributed by atoms with Gasteiger partial charge < -0.3 is 14.4 Å². The Bertz CT molecular complexity index is 1160. The Morgan fingerprint density at radius 3 is 2.26 bits per heavy atom. The number of anilines is 2. The lowest BCUT2D eigenvalue weighted by Crippen LogP contribution is -2.35. The van der Waals surface area contributed by atoms with Gasteiger partial charge in [-0.15, -0.1) is 0 Å². The zero-order chi connectivity index (χ0) is 24.9. The number of benzene rings is 3. The first kappa shape index (κ1) is 25.0. The van der Waals surface area contributed by atoms with Gasteiger partial charge >= 0.3 is 12.1 Å². The van der Waals surface area contributed by atoms with Crippen molar-refractivity contribution < 1.29 is 23.5 Å². The second-order valence-corrected chi connectivity index (χ2v) is 9.19. The zero-order valence-corrected chi connectivity index (χ0v) is 20.2. The van der Waals surface area contributed by atoms with Crippen LogP contribution in [-0.4, -0.2) is 30.8 Å². The van der Waals surface area contributed by atoms with Gasteiger partial charge in [0.1, 0.15) is 11.4 Å². The van der Waals surface area contributed by atoms with Crippen LogP contribution in [0.5, 0.6) is 0 Å². The van der Waals surface area contributed by atoms with Crippen molar-refractivity contribution in [3.63, 3.8) is 0 Å². The average molecular weight is 467 g/mol. The molecule has 3 aromatic carbocycles. The highest BCUT2D eigenvalue weighted by atomic mass is 19.1. The molecule has 0 aliphatic heterocycles. The maximum absolute atomic E-state index is 13.5. The fraction of sp³-hybridized carbons (Fsp3) is 0.333. The first-order chi connectivity index (χ1) is 16.1. The molecule has 1 amide bonds. The monoisotopic (exact) mass is 466 g/mol. The number of nitrogens with zero attached hydrogens (tertiary/aromatic N) is 1. The molecule has 0 bridgehead atoms. The van der Waals surface area contributed by atoms with E-state index >= 15 is 0 Å². The third kappa shape index (κ3) is 6.47. The van der Waals surface area contributed by atoms with Crippen LogP contribution in [-0.2, 0) is 20.8 Å². The number of amides is 1. The lowest BCUT2D eigenvalue weighted by atomic mass is 10.0. The predicted octanol–water partition coefficient (Wildman–Crippen LogP) is 6.28. The highest BCUT2D eigenvalue weighted by molar-refractivity contribution is 6.05. The Morgan fingerprint density at radius 1 is 1.00 bits per heavy atom. The number of carbonyl (C=O) groups excluding carboxylic acids is 2. The van der Waals surface area contributed by atoms with E-state index in [0.717, 1.165) is 22.0 Å². The fourth-order valence-corrected chi connectivity index (χ4v) is 3.76. The molecule has 3 rings (SSSR count). The Balaban J connectivity index is 2.02. The van der Waals surface area contributed by atoms with Crippen molar-refractivity contribution >= 4 is 34.2 Å². The number of rotatable bonds is 7. The summed E-state index contributed by atoms with van der Waals surface area (Å²) in [5, 5.41) is 4.57. The lowest BCUT2D eigenvalue weighted by Gasteiger charge is -2.32. The third-order valence-corrected chi connectivity index (χ3v) is 5.33. The van der Waals surface area contributed by atoms with E-state index in [0.29, 0.717) is 12.2 Å². The Morgan fingerprint density at radius 2 is 1.65 bits per heavy atom. The van der Waals surface area contributed by atoms with Gasteiger partial charge in [0.25, 0.3) is 0 Å². The van der Waals surface area contributed by atoms with E-state index < -0.39 is 11.7 Å². The van der Waals surface area contributed by atoms with Crippen LogP contribution in [0.4, 0.5) is 20.6 Å². The summed E-state index contributed by atoms with van der Waals surface area (Å²) in [5.41, 5.74) is 1.79. The second kappa shape index (κ2) is 10.5. The minimum atomic E-state index is -0.616. The van der Waals surface area contributed by atoms with Gasteiger partial charge in [0, 0.05) is 29.0 Å². The van der Waals surface area contributed by atoms with Crippen molar-refractivity contribution in [2.45, 2.75) is 52.3 Å². The van der Waals surface area contributed by atoms with Crippen molar-refractivity contribution in [1.29, 1.82) is 0 Å². The summed E-state index contributed by atoms with van der Waals surface area (Å²) in [7, 11) is 1.37. The molecule has 180 valence electrons. The number of hydrogen-bond acceptors (Lipinski definition) is 5. The number of esters is 1. The Hall–Kier alpha value is -3.61. The molecular formula is C27H31FN2O4. The lowest BCUT2D eigenvalue weighted by molar-refractivity contribution is -0.140. The molecule has 6 nitrogen and oxygen atoms in total. The number of methoxy groups -OCH3 is 1. The summed E-state index contributed by atoms with van der Waals surface area (Å²) in [5.74, 6) is -0.620. The van der Waals surface area contributed by atoms with Crippen LogP contribution >= 0.6 is 0 Å². The van der Waals surface area contributed by atoms with E-state index in [1.165, 1.54) is 19.2 Å². The SMILES string of the molecule is COC(=O)CC(C)N(Cc1ccc(F)cc1)c1ccc(NC(=O)OC(C)(C)C)c2ccccc12. The number of halogens is 1. The van der Waals surface area contributed by atoms with Crippen LogP contribution in [0.25, 0.3) is 10.8 Å². The molecule has 0 radical (unpaired) electrons. The first-order valence-corrected chi connectivity index (χ1v) is 11.2.